The summed E-state index contributed by atoms with van der Waals surface area (Å²) in [6.07, 6.45) is 0.551. The Kier molecular flexibility index (Phi) is 3.22. The molecule has 1 aliphatic carbocycles. The molecule has 4 heteroatoms. The number of carbonyl (C=O) groups excluding carboxylic acids is 2. The van der Waals surface area contributed by atoms with E-state index in [2.05, 4.69) is 0 Å². The summed E-state index contributed by atoms with van der Waals surface area (Å²) in [5, 5.41) is 10.4. The van der Waals surface area contributed by atoms with E-state index in [-0.39, 0.29) is 6.42 Å². The van der Waals surface area contributed by atoms with Crippen molar-refractivity contribution in [2.45, 2.75) is 44.8 Å². The second-order valence-electron chi connectivity index (χ2n) is 5.85. The Labute approximate surface area is 112 Å². The zero-order chi connectivity index (χ0) is 14.3. The van der Waals surface area contributed by atoms with Gasteiger partial charge in [-0.15, -0.1) is 0 Å². The van der Waals surface area contributed by atoms with Gasteiger partial charge >= 0.3 is 5.97 Å². The first-order valence-corrected chi connectivity index (χ1v) is 6.32. The van der Waals surface area contributed by atoms with Gasteiger partial charge in [-0.05, 0) is 39.2 Å². The van der Waals surface area contributed by atoms with Gasteiger partial charge in [0.05, 0.1) is 0 Å². The van der Waals surface area contributed by atoms with E-state index in [1.54, 1.807) is 32.9 Å². The van der Waals surface area contributed by atoms with Crippen LogP contribution in [-0.4, -0.2) is 28.1 Å². The molecular weight excluding hydrogens is 244 g/mol. The van der Waals surface area contributed by atoms with Crippen molar-refractivity contribution < 1.29 is 19.4 Å². The zero-order valence-corrected chi connectivity index (χ0v) is 11.4. The van der Waals surface area contributed by atoms with Gasteiger partial charge in [0, 0.05) is 5.56 Å². The van der Waals surface area contributed by atoms with Crippen LogP contribution in [0.5, 0.6) is 0 Å². The summed E-state index contributed by atoms with van der Waals surface area (Å²) in [6, 6.07) is 7.02. The molecule has 0 aromatic heterocycles. The summed E-state index contributed by atoms with van der Waals surface area (Å²) in [5.74, 6) is -1.43. The van der Waals surface area contributed by atoms with E-state index < -0.39 is 23.0 Å². The standard InChI is InChI=1S/C15H18O4/c1-14(2,3)19-13(17)15(18)9-8-10-6-4-5-7-11(10)12(15)16/h4-7,18H,8-9H2,1-3H3. The van der Waals surface area contributed by atoms with Crippen molar-refractivity contribution in [1.82, 2.24) is 0 Å². The topological polar surface area (TPSA) is 63.6 Å². The van der Waals surface area contributed by atoms with Gasteiger partial charge in [-0.2, -0.15) is 0 Å². The molecule has 1 aromatic rings. The number of ketones is 1. The number of ether oxygens (including phenoxy) is 1. The number of esters is 1. The highest BCUT2D eigenvalue weighted by molar-refractivity contribution is 6.16. The molecule has 1 unspecified atom stereocenters. The van der Waals surface area contributed by atoms with Gasteiger partial charge in [-0.3, -0.25) is 4.79 Å². The second-order valence-corrected chi connectivity index (χ2v) is 5.85. The van der Waals surface area contributed by atoms with Crippen molar-refractivity contribution in [2.24, 2.45) is 0 Å². The predicted molar refractivity (Wildman–Crippen MR) is 69.9 cm³/mol. The molecule has 1 aliphatic rings. The van der Waals surface area contributed by atoms with Gasteiger partial charge in [0.1, 0.15) is 5.60 Å². The number of hydrogen-bond donors (Lipinski definition) is 1. The van der Waals surface area contributed by atoms with Gasteiger partial charge in [-0.25, -0.2) is 4.79 Å². The van der Waals surface area contributed by atoms with Crippen LogP contribution < -0.4 is 0 Å². The maximum Gasteiger partial charge on any atom is 0.346 e. The molecule has 1 N–H and O–H groups in total. The average molecular weight is 262 g/mol. The van der Waals surface area contributed by atoms with Crippen LogP contribution in [0.3, 0.4) is 0 Å². The smallest absolute Gasteiger partial charge is 0.346 e. The summed E-state index contributed by atoms with van der Waals surface area (Å²) < 4.78 is 5.16. The fraction of sp³-hybridized carbons (Fsp3) is 0.467. The van der Waals surface area contributed by atoms with Crippen LogP contribution in [0.25, 0.3) is 0 Å². The van der Waals surface area contributed by atoms with Gasteiger partial charge in [-0.1, -0.05) is 24.3 Å². The van der Waals surface area contributed by atoms with Crippen LogP contribution in [0.1, 0.15) is 43.1 Å². The van der Waals surface area contributed by atoms with Crippen LogP contribution in [0, 0.1) is 0 Å². The quantitative estimate of drug-likeness (QED) is 0.620. The zero-order valence-electron chi connectivity index (χ0n) is 11.4. The largest absolute Gasteiger partial charge is 0.457 e. The number of aliphatic hydroxyl groups is 1. The van der Waals surface area contributed by atoms with E-state index in [9.17, 15) is 14.7 Å². The Hall–Kier alpha value is -1.68. The minimum atomic E-state index is -2.05. The van der Waals surface area contributed by atoms with E-state index in [1.165, 1.54) is 0 Å². The first kappa shape index (κ1) is 13.7. The molecule has 0 bridgehead atoms. The van der Waals surface area contributed by atoms with Crippen molar-refractivity contribution in [3.8, 4) is 0 Å². The molecule has 102 valence electrons. The number of hydrogen-bond acceptors (Lipinski definition) is 4. The lowest BCUT2D eigenvalue weighted by Gasteiger charge is -2.32. The van der Waals surface area contributed by atoms with Crippen molar-refractivity contribution in [3.05, 3.63) is 35.4 Å². The van der Waals surface area contributed by atoms with E-state index in [0.717, 1.165) is 5.56 Å². The molecule has 0 saturated carbocycles. The molecular formula is C15H18O4. The lowest BCUT2D eigenvalue weighted by atomic mass is 9.79. The van der Waals surface area contributed by atoms with E-state index in [0.29, 0.717) is 12.0 Å². The highest BCUT2D eigenvalue weighted by Gasteiger charge is 2.49. The Morgan fingerprint density at radius 3 is 2.58 bits per heavy atom. The van der Waals surface area contributed by atoms with Gasteiger partial charge in [0.25, 0.3) is 0 Å². The summed E-state index contributed by atoms with van der Waals surface area (Å²) >= 11 is 0. The van der Waals surface area contributed by atoms with Gasteiger partial charge in [0.2, 0.25) is 11.4 Å². The number of aryl methyl sites for hydroxylation is 1. The molecule has 0 saturated heterocycles. The molecule has 0 fully saturated rings. The third-order valence-electron chi connectivity index (χ3n) is 3.13. The lowest BCUT2D eigenvalue weighted by molar-refractivity contribution is -0.172. The highest BCUT2D eigenvalue weighted by Crippen LogP contribution is 2.30. The van der Waals surface area contributed by atoms with Gasteiger partial charge in [0.15, 0.2) is 0 Å². The van der Waals surface area contributed by atoms with Crippen LogP contribution in [0.2, 0.25) is 0 Å². The van der Waals surface area contributed by atoms with Crippen LogP contribution in [0.4, 0.5) is 0 Å². The summed E-state index contributed by atoms with van der Waals surface area (Å²) in [5.41, 5.74) is -1.52. The van der Waals surface area contributed by atoms with Crippen molar-refractivity contribution in [1.29, 1.82) is 0 Å². The molecule has 1 atom stereocenters. The van der Waals surface area contributed by atoms with Crippen LogP contribution in [-0.2, 0) is 16.0 Å². The Bertz CT molecular complexity index is 527. The molecule has 0 radical (unpaired) electrons. The third kappa shape index (κ3) is 2.54. The summed E-state index contributed by atoms with van der Waals surface area (Å²) in [7, 11) is 0. The minimum Gasteiger partial charge on any atom is -0.457 e. The van der Waals surface area contributed by atoms with Crippen molar-refractivity contribution in [3.63, 3.8) is 0 Å². The molecule has 2 rings (SSSR count). The molecule has 1 aromatic carbocycles. The summed E-state index contributed by atoms with van der Waals surface area (Å²) in [4.78, 5) is 24.4. The fourth-order valence-electron chi connectivity index (χ4n) is 2.17. The van der Waals surface area contributed by atoms with Crippen LogP contribution >= 0.6 is 0 Å². The minimum absolute atomic E-state index is 0.0672. The predicted octanol–water partition coefficient (Wildman–Crippen LogP) is 1.89. The molecule has 0 heterocycles. The molecule has 19 heavy (non-hydrogen) atoms. The molecule has 0 spiro atoms. The van der Waals surface area contributed by atoms with Crippen LogP contribution in [0.15, 0.2) is 24.3 Å². The Balaban J connectivity index is 2.32. The van der Waals surface area contributed by atoms with Crippen molar-refractivity contribution >= 4 is 11.8 Å². The maximum atomic E-state index is 12.3. The Morgan fingerprint density at radius 2 is 1.95 bits per heavy atom. The second kappa shape index (κ2) is 4.46. The maximum absolute atomic E-state index is 12.3. The van der Waals surface area contributed by atoms with Gasteiger partial charge < -0.3 is 9.84 Å². The first-order valence-electron chi connectivity index (χ1n) is 6.32. The number of benzene rings is 1. The number of rotatable bonds is 1. The van der Waals surface area contributed by atoms with E-state index in [1.807, 2.05) is 12.1 Å². The van der Waals surface area contributed by atoms with E-state index >= 15 is 0 Å². The highest BCUT2D eigenvalue weighted by atomic mass is 16.6. The Morgan fingerprint density at radius 1 is 1.32 bits per heavy atom. The number of Topliss-reactive ketones (excluding diaryl/α,β-unsaturated/α-hetero) is 1. The van der Waals surface area contributed by atoms with Crippen molar-refractivity contribution in [2.75, 3.05) is 0 Å². The monoisotopic (exact) mass is 262 g/mol. The summed E-state index contributed by atoms with van der Waals surface area (Å²) in [6.45, 7) is 5.11. The molecule has 0 amide bonds. The number of carbonyl (C=O) groups is 2. The van der Waals surface area contributed by atoms with E-state index in [4.69, 9.17) is 4.74 Å². The first-order chi connectivity index (χ1) is 8.74. The normalized spacial score (nSPS) is 22.8. The third-order valence-corrected chi connectivity index (χ3v) is 3.13. The molecule has 0 aliphatic heterocycles. The SMILES string of the molecule is CC(C)(C)OC(=O)C1(O)CCc2ccccc2C1=O. The average Bonchev–Trinajstić information content (AvgIpc) is 2.32. The lowest BCUT2D eigenvalue weighted by Crippen LogP contribution is -2.52. The number of fused-ring (bicyclic) bond motifs is 1. The molecule has 4 nitrogen and oxygen atoms in total. The fourth-order valence-corrected chi connectivity index (χ4v) is 2.17.